The minimum Gasteiger partial charge on any atom is -0.354 e. The average molecular weight is 265 g/mol. The van der Waals surface area contributed by atoms with E-state index in [-0.39, 0.29) is 36.2 Å². The maximum absolute atomic E-state index is 12.3. The molecule has 19 heavy (non-hydrogen) atoms. The Bertz CT molecular complexity index is 417. The Kier molecular flexibility index (Phi) is 3.26. The molecule has 2 atom stereocenters. The van der Waals surface area contributed by atoms with Crippen LogP contribution in [0.25, 0.3) is 0 Å². The maximum Gasteiger partial charge on any atom is 0.247 e. The van der Waals surface area contributed by atoms with Crippen molar-refractivity contribution in [3.8, 4) is 0 Å². The number of rotatable bonds is 3. The van der Waals surface area contributed by atoms with Crippen LogP contribution in [0, 0.1) is 0 Å². The highest BCUT2D eigenvalue weighted by Gasteiger charge is 2.43. The minimum atomic E-state index is -0.439. The second-order valence-corrected chi connectivity index (χ2v) is 5.67. The minimum absolute atomic E-state index is 0.00178. The molecule has 0 radical (unpaired) electrons. The van der Waals surface area contributed by atoms with Gasteiger partial charge in [0.2, 0.25) is 17.7 Å². The molecule has 2 heterocycles. The summed E-state index contributed by atoms with van der Waals surface area (Å²) in [4.78, 5) is 36.9. The molecular weight excluding hydrogens is 246 g/mol. The van der Waals surface area contributed by atoms with Crippen LogP contribution in [0.3, 0.4) is 0 Å². The van der Waals surface area contributed by atoms with Crippen molar-refractivity contribution in [2.45, 2.75) is 56.7 Å². The van der Waals surface area contributed by atoms with Crippen molar-refractivity contribution in [1.29, 1.82) is 0 Å². The summed E-state index contributed by atoms with van der Waals surface area (Å²) in [6.45, 7) is 0.542. The van der Waals surface area contributed by atoms with Crippen molar-refractivity contribution in [1.82, 2.24) is 15.5 Å². The van der Waals surface area contributed by atoms with Crippen molar-refractivity contribution in [3.63, 3.8) is 0 Å². The first-order valence-electron chi connectivity index (χ1n) is 7.04. The van der Waals surface area contributed by atoms with E-state index in [2.05, 4.69) is 10.6 Å². The highest BCUT2D eigenvalue weighted by Crippen LogP contribution is 2.28. The molecule has 2 N–H and O–H groups in total. The van der Waals surface area contributed by atoms with E-state index in [0.29, 0.717) is 13.0 Å². The lowest BCUT2D eigenvalue weighted by molar-refractivity contribution is -0.141. The summed E-state index contributed by atoms with van der Waals surface area (Å²) >= 11 is 0. The Hall–Kier alpha value is -1.43. The molecule has 0 aromatic rings. The van der Waals surface area contributed by atoms with Gasteiger partial charge in [0.15, 0.2) is 0 Å². The third kappa shape index (κ3) is 2.36. The molecule has 104 valence electrons. The monoisotopic (exact) mass is 265 g/mol. The molecule has 3 fully saturated rings. The Morgan fingerprint density at radius 3 is 2.47 bits per heavy atom. The molecule has 2 aliphatic heterocycles. The van der Waals surface area contributed by atoms with Crippen molar-refractivity contribution >= 4 is 17.7 Å². The zero-order valence-electron chi connectivity index (χ0n) is 10.9. The molecule has 0 spiro atoms. The number of nitrogens with zero attached hydrogens (tertiary/aromatic N) is 1. The third-order valence-corrected chi connectivity index (χ3v) is 4.29. The van der Waals surface area contributed by atoms with Crippen LogP contribution >= 0.6 is 0 Å². The van der Waals surface area contributed by atoms with Crippen LogP contribution in [0.1, 0.15) is 38.5 Å². The normalized spacial score (nSPS) is 32.4. The molecule has 1 saturated carbocycles. The van der Waals surface area contributed by atoms with E-state index in [0.717, 1.165) is 25.7 Å². The van der Waals surface area contributed by atoms with Gasteiger partial charge in [-0.3, -0.25) is 19.3 Å². The van der Waals surface area contributed by atoms with E-state index in [1.807, 2.05) is 0 Å². The average Bonchev–Trinajstić information content (AvgIpc) is 3.04. The van der Waals surface area contributed by atoms with E-state index < -0.39 is 6.04 Å². The molecule has 0 aromatic carbocycles. The number of nitrogens with one attached hydrogen (secondary N) is 2. The van der Waals surface area contributed by atoms with Crippen LogP contribution in [0.2, 0.25) is 0 Å². The quantitative estimate of drug-likeness (QED) is 0.677. The lowest BCUT2D eigenvalue weighted by Crippen LogP contribution is -2.46. The second kappa shape index (κ2) is 4.92. The maximum atomic E-state index is 12.3. The summed E-state index contributed by atoms with van der Waals surface area (Å²) in [7, 11) is 0. The first-order valence-corrected chi connectivity index (χ1v) is 7.04. The fourth-order valence-electron chi connectivity index (χ4n) is 3.33. The predicted molar refractivity (Wildman–Crippen MR) is 67.1 cm³/mol. The predicted octanol–water partition coefficient (Wildman–Crippen LogP) is -0.465. The fourth-order valence-corrected chi connectivity index (χ4v) is 3.33. The van der Waals surface area contributed by atoms with Gasteiger partial charge in [0, 0.05) is 25.0 Å². The number of likely N-dealkylation sites (tertiary alicyclic amines) is 1. The van der Waals surface area contributed by atoms with Gasteiger partial charge in [-0.15, -0.1) is 0 Å². The summed E-state index contributed by atoms with van der Waals surface area (Å²) in [5.41, 5.74) is 0. The largest absolute Gasteiger partial charge is 0.354 e. The zero-order valence-corrected chi connectivity index (χ0v) is 10.9. The first-order chi connectivity index (χ1) is 9.15. The zero-order chi connectivity index (χ0) is 13.4. The molecule has 3 amide bonds. The second-order valence-electron chi connectivity index (χ2n) is 5.67. The molecule has 3 rings (SSSR count). The summed E-state index contributed by atoms with van der Waals surface area (Å²) in [6.07, 6.45) is 4.70. The topological polar surface area (TPSA) is 78.5 Å². The molecule has 0 bridgehead atoms. The van der Waals surface area contributed by atoms with Crippen LogP contribution < -0.4 is 10.6 Å². The van der Waals surface area contributed by atoms with E-state index >= 15 is 0 Å². The van der Waals surface area contributed by atoms with Gasteiger partial charge < -0.3 is 10.6 Å². The van der Waals surface area contributed by atoms with Crippen LogP contribution in [0.4, 0.5) is 0 Å². The lowest BCUT2D eigenvalue weighted by Gasteiger charge is -2.22. The van der Waals surface area contributed by atoms with Gasteiger partial charge >= 0.3 is 0 Å². The molecule has 6 heteroatoms. The summed E-state index contributed by atoms with van der Waals surface area (Å²) in [6, 6.07) is -0.362. The van der Waals surface area contributed by atoms with Gasteiger partial charge in [-0.25, -0.2) is 0 Å². The Labute approximate surface area is 111 Å². The highest BCUT2D eigenvalue weighted by atomic mass is 16.2. The van der Waals surface area contributed by atoms with Gasteiger partial charge in [-0.2, -0.15) is 0 Å². The number of carbonyl (C=O) groups excluding carboxylic acids is 3. The highest BCUT2D eigenvalue weighted by molar-refractivity contribution is 6.06. The smallest absolute Gasteiger partial charge is 0.247 e. The standard InChI is InChI=1S/C13H19N3O3/c17-11-5-8(7-14-11)15-10-6-12(18)16(13(10)19)9-3-1-2-4-9/h8-10,15H,1-7H2,(H,14,17). The van der Waals surface area contributed by atoms with Crippen molar-refractivity contribution in [2.24, 2.45) is 0 Å². The number of amides is 3. The number of hydrogen-bond donors (Lipinski definition) is 2. The Morgan fingerprint density at radius 1 is 1.11 bits per heavy atom. The van der Waals surface area contributed by atoms with Gasteiger partial charge in [0.05, 0.1) is 12.5 Å². The van der Waals surface area contributed by atoms with Gasteiger partial charge in [-0.1, -0.05) is 12.8 Å². The molecule has 1 aliphatic carbocycles. The van der Waals surface area contributed by atoms with Crippen molar-refractivity contribution in [3.05, 3.63) is 0 Å². The van der Waals surface area contributed by atoms with E-state index in [1.54, 1.807) is 0 Å². The SMILES string of the molecule is O=C1CC(NC2CC(=O)N(C3CCCC3)C2=O)CN1. The fraction of sp³-hybridized carbons (Fsp3) is 0.769. The lowest BCUT2D eigenvalue weighted by atomic mass is 10.2. The van der Waals surface area contributed by atoms with E-state index in [4.69, 9.17) is 0 Å². The molecule has 0 aromatic heterocycles. The summed E-state index contributed by atoms with van der Waals surface area (Å²) in [5, 5.41) is 5.87. The summed E-state index contributed by atoms with van der Waals surface area (Å²) in [5.74, 6) is -0.162. The van der Waals surface area contributed by atoms with Gasteiger partial charge in [0.1, 0.15) is 0 Å². The molecule has 6 nitrogen and oxygen atoms in total. The van der Waals surface area contributed by atoms with Crippen LogP contribution in [-0.2, 0) is 14.4 Å². The van der Waals surface area contributed by atoms with Gasteiger partial charge in [-0.05, 0) is 12.8 Å². The first kappa shape index (κ1) is 12.6. The number of imide groups is 1. The van der Waals surface area contributed by atoms with E-state index in [1.165, 1.54) is 4.90 Å². The summed E-state index contributed by atoms with van der Waals surface area (Å²) < 4.78 is 0. The number of carbonyl (C=O) groups is 3. The Balaban J connectivity index is 1.63. The molecular formula is C13H19N3O3. The molecule has 2 unspecified atom stereocenters. The number of hydrogen-bond acceptors (Lipinski definition) is 4. The van der Waals surface area contributed by atoms with Crippen molar-refractivity contribution < 1.29 is 14.4 Å². The van der Waals surface area contributed by atoms with Gasteiger partial charge in [0.25, 0.3) is 0 Å². The van der Waals surface area contributed by atoms with Crippen LogP contribution in [0.5, 0.6) is 0 Å². The van der Waals surface area contributed by atoms with Crippen LogP contribution in [-0.4, -0.2) is 47.3 Å². The van der Waals surface area contributed by atoms with Crippen molar-refractivity contribution in [2.75, 3.05) is 6.54 Å². The Morgan fingerprint density at radius 2 is 1.84 bits per heavy atom. The van der Waals surface area contributed by atoms with Crippen LogP contribution in [0.15, 0.2) is 0 Å². The molecule has 2 saturated heterocycles. The van der Waals surface area contributed by atoms with E-state index in [9.17, 15) is 14.4 Å². The third-order valence-electron chi connectivity index (χ3n) is 4.29. The molecule has 3 aliphatic rings.